The lowest BCUT2D eigenvalue weighted by molar-refractivity contribution is 0.100. The average Bonchev–Trinajstić information content (AvgIpc) is 2.32. The molecule has 1 aromatic rings. The standard InChI is InChI=1S/C16H27O4P/c1-15(2,3)11-7-8-12(13(9-11)16(4,5)6)14(10-17)20-21(18)19/h7-9,14,17-19H,10H2,1-6H3. The average molecular weight is 314 g/mol. The van der Waals surface area contributed by atoms with Crippen LogP contribution in [0.5, 0.6) is 0 Å². The van der Waals surface area contributed by atoms with Crippen molar-refractivity contribution in [3.05, 3.63) is 34.9 Å². The first-order valence-electron chi connectivity index (χ1n) is 7.07. The summed E-state index contributed by atoms with van der Waals surface area (Å²) >= 11 is 0. The molecule has 0 bridgehead atoms. The van der Waals surface area contributed by atoms with Gasteiger partial charge in [0.25, 0.3) is 0 Å². The Labute approximate surface area is 128 Å². The highest BCUT2D eigenvalue weighted by Crippen LogP contribution is 2.39. The van der Waals surface area contributed by atoms with E-state index in [1.807, 2.05) is 12.1 Å². The topological polar surface area (TPSA) is 69.9 Å². The summed E-state index contributed by atoms with van der Waals surface area (Å²) in [5.74, 6) is 0. The molecule has 0 aliphatic carbocycles. The van der Waals surface area contributed by atoms with Crippen LogP contribution in [0.15, 0.2) is 18.2 Å². The monoisotopic (exact) mass is 314 g/mol. The second-order valence-corrected chi connectivity index (χ2v) is 8.05. The molecule has 1 aromatic carbocycles. The summed E-state index contributed by atoms with van der Waals surface area (Å²) in [6.45, 7) is 12.4. The highest BCUT2D eigenvalue weighted by Gasteiger charge is 2.27. The van der Waals surface area contributed by atoms with Crippen molar-refractivity contribution < 1.29 is 19.4 Å². The Hall–Kier alpha value is -0.510. The van der Waals surface area contributed by atoms with Gasteiger partial charge in [-0.3, -0.25) is 0 Å². The van der Waals surface area contributed by atoms with Gasteiger partial charge in [-0.05, 0) is 27.5 Å². The number of benzene rings is 1. The minimum atomic E-state index is -2.51. The van der Waals surface area contributed by atoms with Gasteiger partial charge in [-0.1, -0.05) is 59.7 Å². The molecule has 0 amide bonds. The van der Waals surface area contributed by atoms with E-state index >= 15 is 0 Å². The highest BCUT2D eigenvalue weighted by atomic mass is 31.2. The molecule has 0 radical (unpaired) electrons. The van der Waals surface area contributed by atoms with Gasteiger partial charge >= 0.3 is 8.60 Å². The zero-order chi connectivity index (χ0) is 16.4. The molecule has 1 rings (SSSR count). The molecule has 5 heteroatoms. The molecular formula is C16H27O4P. The summed E-state index contributed by atoms with van der Waals surface area (Å²) < 4.78 is 5.07. The SMILES string of the molecule is CC(C)(C)c1ccc(C(CO)OP(O)O)c(C(C)(C)C)c1. The molecule has 1 atom stereocenters. The van der Waals surface area contributed by atoms with Crippen LogP contribution in [-0.4, -0.2) is 21.5 Å². The van der Waals surface area contributed by atoms with Gasteiger partial charge in [0.05, 0.1) is 6.61 Å². The Bertz CT molecular complexity index is 472. The van der Waals surface area contributed by atoms with Gasteiger partial charge in [-0.25, -0.2) is 0 Å². The van der Waals surface area contributed by atoms with Gasteiger partial charge in [0.15, 0.2) is 0 Å². The zero-order valence-corrected chi connectivity index (χ0v) is 14.6. The molecular weight excluding hydrogens is 287 g/mol. The maximum absolute atomic E-state index is 9.51. The van der Waals surface area contributed by atoms with Gasteiger partial charge in [0.2, 0.25) is 0 Å². The van der Waals surface area contributed by atoms with Crippen molar-refractivity contribution in [1.29, 1.82) is 0 Å². The third kappa shape index (κ3) is 5.01. The second-order valence-electron chi connectivity index (χ2n) is 7.33. The van der Waals surface area contributed by atoms with Gasteiger partial charge in [-0.15, -0.1) is 0 Å². The Morgan fingerprint density at radius 2 is 1.62 bits per heavy atom. The lowest BCUT2D eigenvalue weighted by Crippen LogP contribution is -2.21. The largest absolute Gasteiger partial charge is 0.393 e. The highest BCUT2D eigenvalue weighted by molar-refractivity contribution is 7.39. The van der Waals surface area contributed by atoms with Crippen molar-refractivity contribution in [2.45, 2.75) is 58.5 Å². The fourth-order valence-corrected chi connectivity index (χ4v) is 2.66. The van der Waals surface area contributed by atoms with Gasteiger partial charge in [0, 0.05) is 0 Å². The molecule has 0 aliphatic rings. The van der Waals surface area contributed by atoms with Crippen LogP contribution in [0.2, 0.25) is 0 Å². The van der Waals surface area contributed by atoms with E-state index in [0.717, 1.165) is 11.1 Å². The molecule has 0 saturated heterocycles. The molecule has 21 heavy (non-hydrogen) atoms. The Morgan fingerprint density at radius 1 is 1.05 bits per heavy atom. The Morgan fingerprint density at radius 3 is 2.00 bits per heavy atom. The second kappa shape index (κ2) is 6.72. The van der Waals surface area contributed by atoms with E-state index in [9.17, 15) is 5.11 Å². The summed E-state index contributed by atoms with van der Waals surface area (Å²) in [6.07, 6.45) is -0.727. The predicted octanol–water partition coefficient (Wildman–Crippen LogP) is 3.54. The summed E-state index contributed by atoms with van der Waals surface area (Å²) in [4.78, 5) is 18.2. The van der Waals surface area contributed by atoms with Gasteiger partial charge in [-0.2, -0.15) is 0 Å². The van der Waals surface area contributed by atoms with Crippen LogP contribution in [0.25, 0.3) is 0 Å². The van der Waals surface area contributed by atoms with Crippen molar-refractivity contribution in [1.82, 2.24) is 0 Å². The third-order valence-electron chi connectivity index (χ3n) is 3.46. The molecule has 3 N–H and O–H groups in total. The fraction of sp³-hybridized carbons (Fsp3) is 0.625. The summed E-state index contributed by atoms with van der Waals surface area (Å²) in [5, 5.41) is 9.51. The maximum Gasteiger partial charge on any atom is 0.327 e. The van der Waals surface area contributed by atoms with Crippen LogP contribution in [0, 0.1) is 0 Å². The zero-order valence-electron chi connectivity index (χ0n) is 13.7. The van der Waals surface area contributed by atoms with E-state index in [1.54, 1.807) is 0 Å². The first-order valence-corrected chi connectivity index (χ1v) is 8.23. The number of hydrogen-bond donors (Lipinski definition) is 3. The van der Waals surface area contributed by atoms with E-state index < -0.39 is 14.7 Å². The quantitative estimate of drug-likeness (QED) is 0.743. The number of aliphatic hydroxyl groups excluding tert-OH is 1. The van der Waals surface area contributed by atoms with Gasteiger partial charge < -0.3 is 19.4 Å². The first-order chi connectivity index (χ1) is 9.46. The lowest BCUT2D eigenvalue weighted by Gasteiger charge is -2.30. The first kappa shape index (κ1) is 18.5. The van der Waals surface area contributed by atoms with Crippen LogP contribution in [-0.2, 0) is 15.4 Å². The normalized spacial score (nSPS) is 14.6. The minimum Gasteiger partial charge on any atom is -0.393 e. The molecule has 1 unspecified atom stereocenters. The lowest BCUT2D eigenvalue weighted by atomic mass is 9.77. The predicted molar refractivity (Wildman–Crippen MR) is 86.1 cm³/mol. The van der Waals surface area contributed by atoms with Crippen LogP contribution < -0.4 is 0 Å². The number of hydrogen-bond acceptors (Lipinski definition) is 4. The van der Waals surface area contributed by atoms with Crippen molar-refractivity contribution >= 4 is 8.60 Å². The van der Waals surface area contributed by atoms with Gasteiger partial charge in [0.1, 0.15) is 6.10 Å². The van der Waals surface area contributed by atoms with Crippen molar-refractivity contribution in [3.63, 3.8) is 0 Å². The smallest absolute Gasteiger partial charge is 0.327 e. The summed E-state index contributed by atoms with van der Waals surface area (Å²) in [6, 6.07) is 6.05. The van der Waals surface area contributed by atoms with Crippen molar-refractivity contribution in [3.8, 4) is 0 Å². The van der Waals surface area contributed by atoms with Crippen LogP contribution >= 0.6 is 8.60 Å². The Kier molecular flexibility index (Phi) is 5.93. The molecule has 4 nitrogen and oxygen atoms in total. The van der Waals surface area contributed by atoms with E-state index in [-0.39, 0.29) is 17.4 Å². The van der Waals surface area contributed by atoms with Crippen molar-refractivity contribution in [2.24, 2.45) is 0 Å². The molecule has 0 spiro atoms. The maximum atomic E-state index is 9.51. The van der Waals surface area contributed by atoms with E-state index in [0.29, 0.717) is 0 Å². The summed E-state index contributed by atoms with van der Waals surface area (Å²) in [7, 11) is -2.51. The minimum absolute atomic E-state index is 0.0225. The van der Waals surface area contributed by atoms with Crippen molar-refractivity contribution in [2.75, 3.05) is 6.61 Å². The molecule has 120 valence electrons. The van der Waals surface area contributed by atoms with E-state index in [4.69, 9.17) is 14.3 Å². The summed E-state index contributed by atoms with van der Waals surface area (Å²) in [5.41, 5.74) is 2.93. The molecule has 0 aromatic heterocycles. The molecule has 0 aliphatic heterocycles. The van der Waals surface area contributed by atoms with Crippen LogP contribution in [0.4, 0.5) is 0 Å². The fourth-order valence-electron chi connectivity index (χ4n) is 2.26. The van der Waals surface area contributed by atoms with Crippen LogP contribution in [0.1, 0.15) is 64.3 Å². The van der Waals surface area contributed by atoms with E-state index in [2.05, 4.69) is 47.6 Å². The molecule has 0 saturated carbocycles. The molecule has 0 heterocycles. The molecule has 0 fully saturated rings. The third-order valence-corrected chi connectivity index (χ3v) is 3.90. The number of rotatable bonds is 4. The number of aliphatic hydroxyl groups is 1. The van der Waals surface area contributed by atoms with E-state index in [1.165, 1.54) is 5.56 Å². The van der Waals surface area contributed by atoms with Crippen LogP contribution in [0.3, 0.4) is 0 Å². The Balaban J connectivity index is 3.38.